The van der Waals surface area contributed by atoms with Crippen molar-refractivity contribution in [2.75, 3.05) is 12.4 Å². The van der Waals surface area contributed by atoms with E-state index >= 15 is 0 Å². The van der Waals surface area contributed by atoms with Crippen molar-refractivity contribution in [3.8, 4) is 5.88 Å². The SMILES string of the molecule is COc1ncccc1CNc1c(Cl)ccc2nsnc12. The highest BCUT2D eigenvalue weighted by Gasteiger charge is 2.11. The molecule has 1 aromatic carbocycles. The van der Waals surface area contributed by atoms with Crippen LogP contribution in [0, 0.1) is 0 Å². The molecule has 5 nitrogen and oxygen atoms in total. The fourth-order valence-electron chi connectivity index (χ4n) is 1.92. The fourth-order valence-corrected chi connectivity index (χ4v) is 2.68. The van der Waals surface area contributed by atoms with Crippen molar-refractivity contribution in [1.82, 2.24) is 13.7 Å². The summed E-state index contributed by atoms with van der Waals surface area (Å²) in [6.07, 6.45) is 1.69. The third-order valence-electron chi connectivity index (χ3n) is 2.88. The van der Waals surface area contributed by atoms with E-state index in [1.165, 1.54) is 11.7 Å². The van der Waals surface area contributed by atoms with Gasteiger partial charge in [-0.1, -0.05) is 17.7 Å². The van der Waals surface area contributed by atoms with Crippen molar-refractivity contribution in [3.63, 3.8) is 0 Å². The molecule has 0 aliphatic heterocycles. The van der Waals surface area contributed by atoms with Gasteiger partial charge < -0.3 is 10.1 Å². The third-order valence-corrected chi connectivity index (χ3v) is 3.73. The maximum Gasteiger partial charge on any atom is 0.218 e. The zero-order valence-corrected chi connectivity index (χ0v) is 12.2. The first-order valence-electron chi connectivity index (χ1n) is 5.92. The number of nitrogens with one attached hydrogen (secondary N) is 1. The molecule has 0 aliphatic carbocycles. The van der Waals surface area contributed by atoms with Crippen molar-refractivity contribution in [1.29, 1.82) is 0 Å². The van der Waals surface area contributed by atoms with Gasteiger partial charge in [0.15, 0.2) is 0 Å². The Kier molecular flexibility index (Phi) is 3.66. The Balaban J connectivity index is 1.90. The quantitative estimate of drug-likeness (QED) is 0.801. The Morgan fingerprint density at radius 2 is 2.20 bits per heavy atom. The number of fused-ring (bicyclic) bond motifs is 1. The van der Waals surface area contributed by atoms with Crippen molar-refractivity contribution < 1.29 is 4.74 Å². The van der Waals surface area contributed by atoms with Crippen LogP contribution in [0.4, 0.5) is 5.69 Å². The lowest BCUT2D eigenvalue weighted by Gasteiger charge is -2.10. The summed E-state index contributed by atoms with van der Waals surface area (Å²) in [6, 6.07) is 7.49. The van der Waals surface area contributed by atoms with E-state index in [2.05, 4.69) is 19.0 Å². The predicted octanol–water partition coefficient (Wildman–Crippen LogP) is 3.36. The van der Waals surface area contributed by atoms with E-state index in [4.69, 9.17) is 16.3 Å². The van der Waals surface area contributed by atoms with E-state index < -0.39 is 0 Å². The van der Waals surface area contributed by atoms with Gasteiger partial charge in [0.2, 0.25) is 5.88 Å². The average molecular weight is 307 g/mol. The molecule has 0 saturated carbocycles. The number of rotatable bonds is 4. The third kappa shape index (κ3) is 2.39. The van der Waals surface area contributed by atoms with Crippen LogP contribution < -0.4 is 10.1 Å². The van der Waals surface area contributed by atoms with Crippen LogP contribution in [-0.2, 0) is 6.54 Å². The molecule has 0 radical (unpaired) electrons. The molecule has 0 saturated heterocycles. The maximum atomic E-state index is 6.23. The molecule has 0 aliphatic rings. The minimum absolute atomic E-state index is 0.549. The molecular weight excluding hydrogens is 296 g/mol. The first kappa shape index (κ1) is 13.1. The van der Waals surface area contributed by atoms with Crippen molar-refractivity contribution in [2.24, 2.45) is 0 Å². The van der Waals surface area contributed by atoms with Gasteiger partial charge in [-0.15, -0.1) is 0 Å². The summed E-state index contributed by atoms with van der Waals surface area (Å²) in [5.41, 5.74) is 3.35. The number of aromatic nitrogens is 3. The standard InChI is InChI=1S/C13H11ClN4OS/c1-19-13-8(3-2-6-15-13)7-16-11-9(14)4-5-10-12(11)18-20-17-10/h2-6,16H,7H2,1H3. The Bertz CT molecular complexity index is 746. The van der Waals surface area contributed by atoms with Crippen LogP contribution in [0.1, 0.15) is 5.56 Å². The molecule has 3 aromatic rings. The number of hydrogen-bond donors (Lipinski definition) is 1. The highest BCUT2D eigenvalue weighted by molar-refractivity contribution is 7.00. The molecule has 102 valence electrons. The van der Waals surface area contributed by atoms with Gasteiger partial charge in [-0.25, -0.2) is 4.98 Å². The van der Waals surface area contributed by atoms with Crippen LogP contribution in [0.2, 0.25) is 5.02 Å². The summed E-state index contributed by atoms with van der Waals surface area (Å²) in [6.45, 7) is 0.549. The summed E-state index contributed by atoms with van der Waals surface area (Å²) in [4.78, 5) is 4.16. The number of benzene rings is 1. The van der Waals surface area contributed by atoms with E-state index in [0.717, 1.165) is 22.3 Å². The lowest BCUT2D eigenvalue weighted by atomic mass is 10.2. The summed E-state index contributed by atoms with van der Waals surface area (Å²) < 4.78 is 13.7. The molecule has 2 aromatic heterocycles. The molecule has 0 fully saturated rings. The molecule has 1 N–H and O–H groups in total. The van der Waals surface area contributed by atoms with Crippen LogP contribution in [0.3, 0.4) is 0 Å². The van der Waals surface area contributed by atoms with Gasteiger partial charge in [0, 0.05) is 18.3 Å². The van der Waals surface area contributed by atoms with E-state index in [-0.39, 0.29) is 0 Å². The van der Waals surface area contributed by atoms with Crippen molar-refractivity contribution in [2.45, 2.75) is 6.54 Å². The Morgan fingerprint density at radius 1 is 1.30 bits per heavy atom. The molecule has 3 rings (SSSR count). The van der Waals surface area contributed by atoms with Gasteiger partial charge >= 0.3 is 0 Å². The minimum atomic E-state index is 0.549. The second-order valence-electron chi connectivity index (χ2n) is 4.08. The first-order chi connectivity index (χ1) is 9.79. The number of nitrogens with zero attached hydrogens (tertiary/aromatic N) is 3. The van der Waals surface area contributed by atoms with Gasteiger partial charge in [0.25, 0.3) is 0 Å². The minimum Gasteiger partial charge on any atom is -0.481 e. The highest BCUT2D eigenvalue weighted by atomic mass is 35.5. The topological polar surface area (TPSA) is 59.9 Å². The van der Waals surface area contributed by atoms with Crippen LogP contribution in [0.15, 0.2) is 30.5 Å². The largest absolute Gasteiger partial charge is 0.481 e. The van der Waals surface area contributed by atoms with Crippen LogP contribution >= 0.6 is 23.3 Å². The number of halogens is 1. The van der Waals surface area contributed by atoms with E-state index in [9.17, 15) is 0 Å². The van der Waals surface area contributed by atoms with E-state index in [1.807, 2.05) is 24.3 Å². The van der Waals surface area contributed by atoms with Gasteiger partial charge in [0.1, 0.15) is 11.0 Å². The maximum absolute atomic E-state index is 6.23. The molecule has 0 spiro atoms. The second-order valence-corrected chi connectivity index (χ2v) is 5.02. The Hall–Kier alpha value is -1.92. The number of methoxy groups -OCH3 is 1. The van der Waals surface area contributed by atoms with Gasteiger partial charge in [-0.2, -0.15) is 8.75 Å². The first-order valence-corrected chi connectivity index (χ1v) is 7.03. The molecular formula is C13H11ClN4OS. The Morgan fingerprint density at radius 3 is 3.05 bits per heavy atom. The smallest absolute Gasteiger partial charge is 0.218 e. The molecule has 0 bridgehead atoms. The van der Waals surface area contributed by atoms with Crippen LogP contribution in [-0.4, -0.2) is 20.8 Å². The molecule has 0 amide bonds. The summed E-state index contributed by atoms with van der Waals surface area (Å²) in [5.74, 6) is 0.597. The Labute approximate surface area is 124 Å². The molecule has 2 heterocycles. The summed E-state index contributed by atoms with van der Waals surface area (Å²) in [5, 5.41) is 3.90. The van der Waals surface area contributed by atoms with Gasteiger partial charge in [0.05, 0.1) is 29.5 Å². The summed E-state index contributed by atoms with van der Waals surface area (Å²) in [7, 11) is 1.60. The molecule has 0 atom stereocenters. The lowest BCUT2D eigenvalue weighted by molar-refractivity contribution is 0.393. The van der Waals surface area contributed by atoms with Gasteiger partial charge in [-0.05, 0) is 18.2 Å². The van der Waals surface area contributed by atoms with Crippen molar-refractivity contribution in [3.05, 3.63) is 41.0 Å². The molecule has 20 heavy (non-hydrogen) atoms. The highest BCUT2D eigenvalue weighted by Crippen LogP contribution is 2.30. The predicted molar refractivity (Wildman–Crippen MR) is 80.5 cm³/mol. The number of anilines is 1. The average Bonchev–Trinajstić information content (AvgIpc) is 2.95. The normalized spacial score (nSPS) is 10.7. The summed E-state index contributed by atoms with van der Waals surface area (Å²) >= 11 is 7.40. The zero-order valence-electron chi connectivity index (χ0n) is 10.6. The number of pyridine rings is 1. The molecule has 7 heteroatoms. The van der Waals surface area contributed by atoms with E-state index in [0.29, 0.717) is 17.4 Å². The van der Waals surface area contributed by atoms with Gasteiger partial charge in [-0.3, -0.25) is 0 Å². The van der Waals surface area contributed by atoms with E-state index in [1.54, 1.807) is 13.3 Å². The monoisotopic (exact) mass is 306 g/mol. The number of hydrogen-bond acceptors (Lipinski definition) is 6. The second kappa shape index (κ2) is 5.60. The fraction of sp³-hybridized carbons (Fsp3) is 0.154. The van der Waals surface area contributed by atoms with Crippen LogP contribution in [0.5, 0.6) is 5.88 Å². The van der Waals surface area contributed by atoms with Crippen LogP contribution in [0.25, 0.3) is 11.0 Å². The zero-order chi connectivity index (χ0) is 13.9. The lowest BCUT2D eigenvalue weighted by Crippen LogP contribution is -2.03. The number of ether oxygens (including phenoxy) is 1. The molecule has 0 unspecified atom stereocenters. The van der Waals surface area contributed by atoms with Crippen molar-refractivity contribution >= 4 is 40.0 Å².